The second-order valence-electron chi connectivity index (χ2n) is 8.77. The molecule has 2 atom stereocenters. The van der Waals surface area contributed by atoms with Crippen LogP contribution < -0.4 is 4.74 Å². The van der Waals surface area contributed by atoms with Gasteiger partial charge in [-0.3, -0.25) is 4.79 Å². The van der Waals surface area contributed by atoms with E-state index in [1.54, 1.807) is 7.11 Å². The van der Waals surface area contributed by atoms with Crippen LogP contribution in [0.15, 0.2) is 36.4 Å². The molecule has 1 N–H and O–H groups in total. The number of hydrogen-bond acceptors (Lipinski definition) is 4. The van der Waals surface area contributed by atoms with Gasteiger partial charge in [-0.05, 0) is 71.9 Å². The van der Waals surface area contributed by atoms with Crippen LogP contribution in [0.1, 0.15) is 71.8 Å². The Bertz CT molecular complexity index is 972. The summed E-state index contributed by atoms with van der Waals surface area (Å²) in [6, 6.07) is 14.1. The van der Waals surface area contributed by atoms with E-state index in [1.165, 1.54) is 18.4 Å². The molecule has 31 heavy (non-hydrogen) atoms. The maximum Gasteiger partial charge on any atom is 0.304 e. The fourth-order valence-electron chi connectivity index (χ4n) is 4.78. The minimum absolute atomic E-state index is 0.0396. The lowest BCUT2D eigenvalue weighted by Crippen LogP contribution is -2.14. The number of aliphatic carboxylic acids is 1. The lowest BCUT2D eigenvalue weighted by molar-refractivity contribution is -0.137. The summed E-state index contributed by atoms with van der Waals surface area (Å²) < 4.78 is 11.7. The van der Waals surface area contributed by atoms with Crippen molar-refractivity contribution in [3.63, 3.8) is 0 Å². The molecule has 0 aromatic heterocycles. The van der Waals surface area contributed by atoms with Gasteiger partial charge in [-0.2, -0.15) is 5.26 Å². The van der Waals surface area contributed by atoms with Crippen molar-refractivity contribution in [1.82, 2.24) is 0 Å². The molecule has 2 aromatic carbocycles. The Morgan fingerprint density at radius 2 is 2.03 bits per heavy atom. The fraction of sp³-hybridized carbons (Fsp3) is 0.462. The molecular weight excluding hydrogens is 390 g/mol. The highest BCUT2D eigenvalue weighted by molar-refractivity contribution is 5.68. The molecule has 0 saturated heterocycles. The van der Waals surface area contributed by atoms with Crippen LogP contribution in [0.4, 0.5) is 0 Å². The van der Waals surface area contributed by atoms with Gasteiger partial charge in [-0.25, -0.2) is 0 Å². The highest BCUT2D eigenvalue weighted by atomic mass is 16.5. The summed E-state index contributed by atoms with van der Waals surface area (Å²) in [4.78, 5) is 11.5. The van der Waals surface area contributed by atoms with Gasteiger partial charge in [0.25, 0.3) is 0 Å². The van der Waals surface area contributed by atoms with Crippen LogP contribution in [0.25, 0.3) is 0 Å². The number of ether oxygens (including phenoxy) is 2. The van der Waals surface area contributed by atoms with Crippen molar-refractivity contribution in [2.45, 2.75) is 50.4 Å². The largest absolute Gasteiger partial charge is 0.493 e. The Kier molecular flexibility index (Phi) is 6.58. The summed E-state index contributed by atoms with van der Waals surface area (Å²) in [5.41, 5.74) is 5.10. The summed E-state index contributed by atoms with van der Waals surface area (Å²) in [7, 11) is 1.62. The van der Waals surface area contributed by atoms with Crippen molar-refractivity contribution in [3.05, 3.63) is 64.2 Å². The smallest absolute Gasteiger partial charge is 0.304 e. The molecule has 4 rings (SSSR count). The first kappa shape index (κ1) is 21.4. The zero-order valence-electron chi connectivity index (χ0n) is 18.0. The first-order valence-corrected chi connectivity index (χ1v) is 11.1. The van der Waals surface area contributed by atoms with Crippen LogP contribution in [0.5, 0.6) is 5.75 Å². The molecule has 1 heterocycles. The molecule has 1 saturated carbocycles. The molecule has 2 aliphatic rings. The first-order chi connectivity index (χ1) is 15.1. The fourth-order valence-corrected chi connectivity index (χ4v) is 4.78. The molecule has 2 unspecified atom stereocenters. The lowest BCUT2D eigenvalue weighted by atomic mass is 9.83. The van der Waals surface area contributed by atoms with E-state index in [0.29, 0.717) is 37.0 Å². The summed E-state index contributed by atoms with van der Waals surface area (Å²) in [6.07, 6.45) is 5.40. The molecule has 1 aliphatic carbocycles. The van der Waals surface area contributed by atoms with Gasteiger partial charge in [-0.15, -0.1) is 0 Å². The SMILES string of the molecule is COCC(CC(=O)O)c1cc(Cc2ccc(C#N)cc2)c2c(c1)C(C1CC1)CCCO2. The molecule has 5 nitrogen and oxygen atoms in total. The monoisotopic (exact) mass is 419 g/mol. The second kappa shape index (κ2) is 9.53. The zero-order valence-corrected chi connectivity index (χ0v) is 18.0. The van der Waals surface area contributed by atoms with Crippen molar-refractivity contribution >= 4 is 5.97 Å². The van der Waals surface area contributed by atoms with Gasteiger partial charge >= 0.3 is 5.97 Å². The van der Waals surface area contributed by atoms with Crippen LogP contribution in [0, 0.1) is 17.2 Å². The van der Waals surface area contributed by atoms with E-state index in [4.69, 9.17) is 14.7 Å². The lowest BCUT2D eigenvalue weighted by Gasteiger charge is -2.23. The first-order valence-electron chi connectivity index (χ1n) is 11.1. The van der Waals surface area contributed by atoms with E-state index in [2.05, 4.69) is 18.2 Å². The summed E-state index contributed by atoms with van der Waals surface area (Å²) >= 11 is 0. The Balaban J connectivity index is 1.77. The summed E-state index contributed by atoms with van der Waals surface area (Å²) in [5, 5.41) is 18.5. The number of nitriles is 1. The molecule has 0 radical (unpaired) electrons. The number of carboxylic acids is 1. The number of hydrogen-bond donors (Lipinski definition) is 1. The predicted octanol–water partition coefficient (Wildman–Crippen LogP) is 5.02. The Morgan fingerprint density at radius 1 is 1.26 bits per heavy atom. The molecule has 2 aromatic rings. The highest BCUT2D eigenvalue weighted by Gasteiger charge is 2.36. The van der Waals surface area contributed by atoms with E-state index >= 15 is 0 Å². The van der Waals surface area contributed by atoms with Crippen LogP contribution >= 0.6 is 0 Å². The number of rotatable bonds is 8. The number of nitrogens with zero attached hydrogens (tertiary/aromatic N) is 1. The predicted molar refractivity (Wildman–Crippen MR) is 117 cm³/mol. The van der Waals surface area contributed by atoms with E-state index in [1.807, 2.05) is 24.3 Å². The van der Waals surface area contributed by atoms with Gasteiger partial charge < -0.3 is 14.6 Å². The molecule has 162 valence electrons. The van der Waals surface area contributed by atoms with E-state index in [0.717, 1.165) is 35.3 Å². The standard InChI is InChI=1S/C26H29NO4/c1-30-16-22(14-25(28)29)20-12-21(11-17-4-6-18(15-27)7-5-17)26-24(13-20)23(19-8-9-19)3-2-10-31-26/h4-7,12-13,19,22-23H,2-3,8-11,14,16H2,1H3,(H,28,29). The third kappa shape index (κ3) is 5.08. The van der Waals surface area contributed by atoms with Gasteiger partial charge in [0.2, 0.25) is 0 Å². The van der Waals surface area contributed by atoms with Gasteiger partial charge in [0, 0.05) is 19.4 Å². The minimum atomic E-state index is -0.819. The van der Waals surface area contributed by atoms with Crippen LogP contribution in [-0.2, 0) is 16.0 Å². The molecule has 0 bridgehead atoms. The normalized spacial score (nSPS) is 18.9. The third-order valence-corrected chi connectivity index (χ3v) is 6.45. The Labute approximate surface area is 183 Å². The van der Waals surface area contributed by atoms with Crippen molar-refractivity contribution in [2.24, 2.45) is 5.92 Å². The van der Waals surface area contributed by atoms with E-state index in [-0.39, 0.29) is 12.3 Å². The van der Waals surface area contributed by atoms with Gasteiger partial charge in [-0.1, -0.05) is 24.3 Å². The second-order valence-corrected chi connectivity index (χ2v) is 8.77. The number of carbonyl (C=O) groups is 1. The van der Waals surface area contributed by atoms with Crippen LogP contribution in [-0.4, -0.2) is 31.4 Å². The van der Waals surface area contributed by atoms with Gasteiger partial charge in [0.05, 0.1) is 31.3 Å². The average Bonchev–Trinajstić information content (AvgIpc) is 3.60. The van der Waals surface area contributed by atoms with Crippen molar-refractivity contribution < 1.29 is 19.4 Å². The van der Waals surface area contributed by atoms with Crippen molar-refractivity contribution in [2.75, 3.05) is 20.3 Å². The summed E-state index contributed by atoms with van der Waals surface area (Å²) in [5.74, 6) is 1.15. The van der Waals surface area contributed by atoms with Crippen molar-refractivity contribution in [3.8, 4) is 11.8 Å². The number of benzene rings is 2. The molecule has 1 fully saturated rings. The number of fused-ring (bicyclic) bond motifs is 1. The van der Waals surface area contributed by atoms with Crippen molar-refractivity contribution in [1.29, 1.82) is 5.26 Å². The number of carboxylic acid groups (broad SMARTS) is 1. The van der Waals surface area contributed by atoms with E-state index < -0.39 is 5.97 Å². The molecular formula is C26H29NO4. The Hall–Kier alpha value is -2.84. The zero-order chi connectivity index (χ0) is 21.8. The molecule has 0 amide bonds. The number of methoxy groups -OCH3 is 1. The quantitative estimate of drug-likeness (QED) is 0.650. The third-order valence-electron chi connectivity index (χ3n) is 6.45. The van der Waals surface area contributed by atoms with Crippen LogP contribution in [0.2, 0.25) is 0 Å². The molecule has 5 heteroatoms. The minimum Gasteiger partial charge on any atom is -0.493 e. The average molecular weight is 420 g/mol. The maximum atomic E-state index is 11.5. The van der Waals surface area contributed by atoms with Gasteiger partial charge in [0.15, 0.2) is 0 Å². The van der Waals surface area contributed by atoms with Crippen LogP contribution in [0.3, 0.4) is 0 Å². The maximum absolute atomic E-state index is 11.5. The molecule has 0 spiro atoms. The molecule has 1 aliphatic heterocycles. The summed E-state index contributed by atoms with van der Waals surface area (Å²) in [6.45, 7) is 1.09. The highest BCUT2D eigenvalue weighted by Crippen LogP contribution is 2.50. The van der Waals surface area contributed by atoms with E-state index in [9.17, 15) is 9.90 Å². The Morgan fingerprint density at radius 3 is 2.68 bits per heavy atom. The topological polar surface area (TPSA) is 79.5 Å². The van der Waals surface area contributed by atoms with Gasteiger partial charge in [0.1, 0.15) is 5.75 Å².